The molecule has 3 aromatic rings. The number of fused-ring (bicyclic) bond motifs is 1. The highest BCUT2D eigenvalue weighted by Crippen LogP contribution is 2.52. The van der Waals surface area contributed by atoms with Crippen molar-refractivity contribution in [1.29, 1.82) is 0 Å². The Balaban J connectivity index is 1.18. The van der Waals surface area contributed by atoms with E-state index in [4.69, 9.17) is 0 Å². The van der Waals surface area contributed by atoms with Crippen LogP contribution in [0.5, 0.6) is 11.5 Å². The molecule has 2 heterocycles. The zero-order chi connectivity index (χ0) is 24.0. The molecule has 7 heteroatoms. The Morgan fingerprint density at radius 2 is 1.66 bits per heavy atom. The van der Waals surface area contributed by atoms with E-state index >= 15 is 0 Å². The highest BCUT2D eigenvalue weighted by Gasteiger charge is 2.53. The number of nitrogens with zero attached hydrogens (tertiary/aromatic N) is 1. The van der Waals surface area contributed by atoms with Crippen LogP contribution in [0.4, 0.5) is 14.6 Å². The van der Waals surface area contributed by atoms with Gasteiger partial charge in [-0.05, 0) is 67.0 Å². The molecule has 2 saturated carbocycles. The van der Waals surface area contributed by atoms with Gasteiger partial charge in [-0.25, -0.2) is 4.98 Å². The van der Waals surface area contributed by atoms with Gasteiger partial charge in [-0.2, -0.15) is 0 Å². The minimum atomic E-state index is -3.68. The second kappa shape index (κ2) is 8.33. The Morgan fingerprint density at radius 1 is 0.914 bits per heavy atom. The van der Waals surface area contributed by atoms with Crippen molar-refractivity contribution in [2.24, 2.45) is 0 Å². The van der Waals surface area contributed by atoms with E-state index in [9.17, 15) is 13.6 Å². The van der Waals surface area contributed by atoms with Gasteiger partial charge in [-0.15, -0.1) is 8.78 Å². The quantitative estimate of drug-likeness (QED) is 0.441. The number of hydrogen-bond acceptors (Lipinski definition) is 4. The standard InChI is InChI=1S/C28H26F2N2O3/c29-28(30)34-23-14-13-21(17-24(23)35-28)27(15-16-27)26(33)32-25-8-4-7-22(31-25)20-11-9-19(10-12-20)18-5-2-1-3-6-18/h4,7-14,17-18H,1-3,5-6,15-16H2,(H,31,32,33). The molecule has 0 saturated heterocycles. The van der Waals surface area contributed by atoms with Crippen LogP contribution in [0.1, 0.15) is 62.0 Å². The van der Waals surface area contributed by atoms with E-state index in [2.05, 4.69) is 44.0 Å². The monoisotopic (exact) mass is 476 g/mol. The summed E-state index contributed by atoms with van der Waals surface area (Å²) in [6.07, 6.45) is 4.02. The molecule has 0 spiro atoms. The maximum absolute atomic E-state index is 13.4. The minimum Gasteiger partial charge on any atom is -0.395 e. The predicted octanol–water partition coefficient (Wildman–Crippen LogP) is 6.79. The highest BCUT2D eigenvalue weighted by molar-refractivity contribution is 6.01. The Morgan fingerprint density at radius 3 is 2.40 bits per heavy atom. The van der Waals surface area contributed by atoms with Crippen LogP contribution in [0.25, 0.3) is 11.3 Å². The molecule has 0 atom stereocenters. The second-order valence-electron chi connectivity index (χ2n) is 9.73. The SMILES string of the molecule is O=C(Nc1cccc(-c2ccc(C3CCCCC3)cc2)n1)C1(c2ccc3c(c2)OC(F)(F)O3)CC1. The lowest BCUT2D eigenvalue weighted by Crippen LogP contribution is -2.28. The number of rotatable bonds is 5. The third kappa shape index (κ3) is 4.24. The van der Waals surface area contributed by atoms with E-state index in [1.165, 1.54) is 49.8 Å². The van der Waals surface area contributed by atoms with Crippen molar-refractivity contribution < 1.29 is 23.0 Å². The van der Waals surface area contributed by atoms with Crippen molar-refractivity contribution in [3.8, 4) is 22.8 Å². The van der Waals surface area contributed by atoms with Crippen molar-refractivity contribution in [3.63, 3.8) is 0 Å². The van der Waals surface area contributed by atoms with Gasteiger partial charge in [0.15, 0.2) is 11.5 Å². The average Bonchev–Trinajstić information content (AvgIpc) is 3.62. The largest absolute Gasteiger partial charge is 0.586 e. The average molecular weight is 477 g/mol. The molecular weight excluding hydrogens is 450 g/mol. The fourth-order valence-corrected chi connectivity index (χ4v) is 5.28. The van der Waals surface area contributed by atoms with E-state index in [1.54, 1.807) is 12.1 Å². The van der Waals surface area contributed by atoms with E-state index in [0.29, 0.717) is 30.1 Å². The maximum Gasteiger partial charge on any atom is 0.586 e. The van der Waals surface area contributed by atoms with Gasteiger partial charge in [0.2, 0.25) is 5.91 Å². The zero-order valence-electron chi connectivity index (χ0n) is 19.2. The Bertz CT molecular complexity index is 1270. The van der Waals surface area contributed by atoms with Gasteiger partial charge in [0.1, 0.15) is 5.82 Å². The molecule has 1 N–H and O–H groups in total. The molecule has 6 rings (SSSR count). The molecule has 1 aliphatic heterocycles. The number of carbonyl (C=O) groups is 1. The van der Waals surface area contributed by atoms with Crippen molar-refractivity contribution >= 4 is 11.7 Å². The molecule has 180 valence electrons. The maximum atomic E-state index is 13.4. The number of aromatic nitrogens is 1. The van der Waals surface area contributed by atoms with Crippen LogP contribution in [0.15, 0.2) is 60.7 Å². The summed E-state index contributed by atoms with van der Waals surface area (Å²) < 4.78 is 35.8. The molecule has 2 fully saturated rings. The summed E-state index contributed by atoms with van der Waals surface area (Å²) in [5.74, 6) is 0.818. The van der Waals surface area contributed by atoms with Gasteiger partial charge >= 0.3 is 6.29 Å². The molecule has 2 aliphatic carbocycles. The molecule has 35 heavy (non-hydrogen) atoms. The van der Waals surface area contributed by atoms with Crippen LogP contribution in [-0.2, 0) is 10.2 Å². The first-order valence-electron chi connectivity index (χ1n) is 12.2. The number of halogens is 2. The number of nitrogens with one attached hydrogen (secondary N) is 1. The molecule has 0 unspecified atom stereocenters. The molecule has 5 nitrogen and oxygen atoms in total. The summed E-state index contributed by atoms with van der Waals surface area (Å²) in [6, 6.07) is 18.7. The first-order chi connectivity index (χ1) is 16.9. The van der Waals surface area contributed by atoms with Gasteiger partial charge in [-0.1, -0.05) is 55.7 Å². The van der Waals surface area contributed by atoms with Crippen LogP contribution in [0.2, 0.25) is 0 Å². The number of benzene rings is 2. The van der Waals surface area contributed by atoms with E-state index < -0.39 is 11.7 Å². The van der Waals surface area contributed by atoms with E-state index in [-0.39, 0.29) is 17.4 Å². The van der Waals surface area contributed by atoms with Crippen LogP contribution >= 0.6 is 0 Å². The lowest BCUT2D eigenvalue weighted by atomic mass is 9.84. The van der Waals surface area contributed by atoms with Crippen LogP contribution < -0.4 is 14.8 Å². The molecule has 1 amide bonds. The fourth-order valence-electron chi connectivity index (χ4n) is 5.28. The second-order valence-corrected chi connectivity index (χ2v) is 9.73. The van der Waals surface area contributed by atoms with E-state index in [0.717, 1.165) is 11.3 Å². The third-order valence-corrected chi connectivity index (χ3v) is 7.41. The number of amides is 1. The van der Waals surface area contributed by atoms with Crippen molar-refractivity contribution in [1.82, 2.24) is 4.98 Å². The number of hydrogen-bond donors (Lipinski definition) is 1. The predicted molar refractivity (Wildman–Crippen MR) is 128 cm³/mol. The Kier molecular flexibility index (Phi) is 5.24. The number of pyridine rings is 1. The van der Waals surface area contributed by atoms with Gasteiger partial charge in [0.05, 0.1) is 11.1 Å². The molecule has 1 aromatic heterocycles. The minimum absolute atomic E-state index is 0.0289. The highest BCUT2D eigenvalue weighted by atomic mass is 19.3. The van der Waals surface area contributed by atoms with Crippen LogP contribution in [0.3, 0.4) is 0 Å². The number of alkyl halides is 2. The normalized spacial score (nSPS) is 19.8. The summed E-state index contributed by atoms with van der Waals surface area (Å²) in [5.41, 5.74) is 3.02. The smallest absolute Gasteiger partial charge is 0.395 e. The van der Waals surface area contributed by atoms with Crippen LogP contribution in [0, 0.1) is 0 Å². The number of ether oxygens (including phenoxy) is 2. The molecular formula is C28H26F2N2O3. The number of carbonyl (C=O) groups excluding carboxylic acids is 1. The summed E-state index contributed by atoms with van der Waals surface area (Å²) >= 11 is 0. The fraction of sp³-hybridized carbons (Fsp3) is 0.357. The lowest BCUT2D eigenvalue weighted by Gasteiger charge is -2.22. The van der Waals surface area contributed by atoms with Gasteiger partial charge in [0, 0.05) is 5.56 Å². The molecule has 3 aliphatic rings. The van der Waals surface area contributed by atoms with Crippen molar-refractivity contribution in [2.45, 2.75) is 62.6 Å². The lowest BCUT2D eigenvalue weighted by molar-refractivity contribution is -0.286. The summed E-state index contributed by atoms with van der Waals surface area (Å²) in [5, 5.41) is 2.93. The van der Waals surface area contributed by atoms with Crippen molar-refractivity contribution in [2.75, 3.05) is 5.32 Å². The topological polar surface area (TPSA) is 60.5 Å². The molecule has 0 radical (unpaired) electrons. The van der Waals surface area contributed by atoms with Crippen molar-refractivity contribution in [3.05, 3.63) is 71.8 Å². The summed E-state index contributed by atoms with van der Waals surface area (Å²) in [6.45, 7) is 0. The first-order valence-corrected chi connectivity index (χ1v) is 12.2. The zero-order valence-corrected chi connectivity index (χ0v) is 19.2. The number of anilines is 1. The van der Waals surface area contributed by atoms with Gasteiger partial charge < -0.3 is 14.8 Å². The Labute approximate surface area is 202 Å². The summed E-state index contributed by atoms with van der Waals surface area (Å²) in [7, 11) is 0. The van der Waals surface area contributed by atoms with Gasteiger partial charge in [0.25, 0.3) is 0 Å². The Hall–Kier alpha value is -3.48. The molecule has 0 bridgehead atoms. The first kappa shape index (κ1) is 22.0. The van der Waals surface area contributed by atoms with Gasteiger partial charge in [-0.3, -0.25) is 4.79 Å². The van der Waals surface area contributed by atoms with Crippen LogP contribution in [-0.4, -0.2) is 17.2 Å². The molecule has 2 aromatic carbocycles. The third-order valence-electron chi connectivity index (χ3n) is 7.41. The van der Waals surface area contributed by atoms with E-state index in [1.807, 2.05) is 12.1 Å². The summed E-state index contributed by atoms with van der Waals surface area (Å²) in [4.78, 5) is 17.9.